The van der Waals surface area contributed by atoms with Crippen LogP contribution in [0.2, 0.25) is 0 Å². The lowest BCUT2D eigenvalue weighted by Gasteiger charge is -2.29. The largest absolute Gasteiger partial charge is 0.454 e. The molecule has 184 valence electrons. The zero-order valence-electron chi connectivity index (χ0n) is 18.7. The fourth-order valence-corrected chi connectivity index (χ4v) is 4.85. The molecular formula is C26H19F3N2O4S. The summed E-state index contributed by atoms with van der Waals surface area (Å²) in [7, 11) is 0. The third-order valence-electron chi connectivity index (χ3n) is 5.60. The van der Waals surface area contributed by atoms with E-state index in [2.05, 4.69) is 5.32 Å². The predicted octanol–water partition coefficient (Wildman–Crippen LogP) is 5.23. The van der Waals surface area contributed by atoms with Gasteiger partial charge >= 0.3 is 6.18 Å². The molecule has 2 aliphatic rings. The van der Waals surface area contributed by atoms with E-state index in [1.807, 2.05) is 18.2 Å². The molecule has 0 saturated carbocycles. The maximum absolute atomic E-state index is 13.3. The molecule has 5 rings (SSSR count). The Morgan fingerprint density at radius 2 is 1.78 bits per heavy atom. The summed E-state index contributed by atoms with van der Waals surface area (Å²) in [5, 5.41) is 2.81. The number of hydrogen-bond acceptors (Lipinski definition) is 5. The van der Waals surface area contributed by atoms with Gasteiger partial charge in [0.2, 0.25) is 12.7 Å². The van der Waals surface area contributed by atoms with Crippen LogP contribution in [0.1, 0.15) is 16.7 Å². The van der Waals surface area contributed by atoms with Crippen LogP contribution >= 0.6 is 11.8 Å². The molecule has 3 aromatic carbocycles. The second-order valence-electron chi connectivity index (χ2n) is 8.05. The Morgan fingerprint density at radius 1 is 1.03 bits per heavy atom. The summed E-state index contributed by atoms with van der Waals surface area (Å²) < 4.78 is 49.3. The van der Waals surface area contributed by atoms with Crippen molar-refractivity contribution in [1.82, 2.24) is 5.32 Å². The number of alkyl halides is 3. The molecule has 0 saturated heterocycles. The van der Waals surface area contributed by atoms with Crippen molar-refractivity contribution in [2.75, 3.05) is 18.2 Å². The monoisotopic (exact) mass is 512 g/mol. The minimum absolute atomic E-state index is 0.155. The number of hydrogen-bond donors (Lipinski definition) is 1. The van der Waals surface area contributed by atoms with Crippen molar-refractivity contribution in [3.05, 3.63) is 88.3 Å². The smallest absolute Gasteiger partial charge is 0.416 e. The fraction of sp³-hybridized carbons (Fsp3) is 0.154. The van der Waals surface area contributed by atoms with E-state index in [4.69, 9.17) is 9.47 Å². The Bertz CT molecular complexity index is 1360. The van der Waals surface area contributed by atoms with Crippen molar-refractivity contribution in [2.24, 2.45) is 0 Å². The summed E-state index contributed by atoms with van der Waals surface area (Å²) in [6.07, 6.45) is -2.91. The van der Waals surface area contributed by atoms with E-state index < -0.39 is 17.6 Å². The highest BCUT2D eigenvalue weighted by molar-refractivity contribution is 8.04. The summed E-state index contributed by atoms with van der Waals surface area (Å²) >= 11 is 1.21. The molecule has 3 aromatic rings. The van der Waals surface area contributed by atoms with Gasteiger partial charge in [-0.05, 0) is 53.6 Å². The molecule has 1 N–H and O–H groups in total. The van der Waals surface area contributed by atoms with Crippen LogP contribution in [0.25, 0.3) is 6.08 Å². The van der Waals surface area contributed by atoms with Gasteiger partial charge in [-0.3, -0.25) is 14.5 Å². The molecule has 36 heavy (non-hydrogen) atoms. The number of carbonyl (C=O) groups excluding carboxylic acids is 2. The standard InChI is InChI=1S/C26H19F3N2O4S/c27-26(28,29)18-8-5-16(6-9-18)12-23-25(33)31(19-3-1-2-4-22(19)36-23)14-24(32)30-13-17-7-10-20-21(11-17)35-15-34-20/h1-12H,13-15H2,(H,30,32). The summed E-state index contributed by atoms with van der Waals surface area (Å²) in [6.45, 7) is 0.176. The molecule has 2 amide bonds. The maximum atomic E-state index is 13.3. The molecule has 6 nitrogen and oxygen atoms in total. The quantitative estimate of drug-likeness (QED) is 0.475. The molecule has 0 atom stereocenters. The van der Waals surface area contributed by atoms with Gasteiger partial charge in [-0.2, -0.15) is 13.2 Å². The summed E-state index contributed by atoms with van der Waals surface area (Å²) in [5.74, 6) is 0.482. The van der Waals surface area contributed by atoms with Crippen LogP contribution < -0.4 is 19.7 Å². The topological polar surface area (TPSA) is 67.9 Å². The highest BCUT2D eigenvalue weighted by Crippen LogP contribution is 2.42. The summed E-state index contributed by atoms with van der Waals surface area (Å²) in [5.41, 5.74) is 1.09. The molecule has 0 aliphatic carbocycles. The van der Waals surface area contributed by atoms with E-state index >= 15 is 0 Å². The zero-order chi connectivity index (χ0) is 25.3. The van der Waals surface area contributed by atoms with E-state index in [1.165, 1.54) is 34.9 Å². The third kappa shape index (κ3) is 5.03. The van der Waals surface area contributed by atoms with Gasteiger partial charge in [0.05, 0.1) is 16.2 Å². The molecule has 2 aliphatic heterocycles. The van der Waals surface area contributed by atoms with Crippen molar-refractivity contribution in [2.45, 2.75) is 17.6 Å². The highest BCUT2D eigenvalue weighted by atomic mass is 32.2. The van der Waals surface area contributed by atoms with E-state index in [1.54, 1.807) is 24.3 Å². The van der Waals surface area contributed by atoms with Gasteiger partial charge in [0, 0.05) is 11.4 Å². The van der Waals surface area contributed by atoms with Crippen LogP contribution in [0.3, 0.4) is 0 Å². The minimum Gasteiger partial charge on any atom is -0.454 e. The lowest BCUT2D eigenvalue weighted by Crippen LogP contribution is -2.42. The van der Waals surface area contributed by atoms with Crippen LogP contribution in [0.4, 0.5) is 18.9 Å². The lowest BCUT2D eigenvalue weighted by molar-refractivity contribution is -0.137. The zero-order valence-corrected chi connectivity index (χ0v) is 19.5. The minimum atomic E-state index is -4.44. The number of carbonyl (C=O) groups is 2. The second kappa shape index (κ2) is 9.62. The Labute approximate surface area is 208 Å². The van der Waals surface area contributed by atoms with Crippen molar-refractivity contribution >= 4 is 35.3 Å². The molecule has 0 bridgehead atoms. The van der Waals surface area contributed by atoms with Crippen molar-refractivity contribution in [3.8, 4) is 11.5 Å². The Hall–Kier alpha value is -3.92. The second-order valence-corrected chi connectivity index (χ2v) is 9.14. The lowest BCUT2D eigenvalue weighted by atomic mass is 10.1. The molecule has 0 unspecified atom stereocenters. The first-order valence-corrected chi connectivity index (χ1v) is 11.7. The molecule has 0 spiro atoms. The maximum Gasteiger partial charge on any atom is 0.416 e. The van der Waals surface area contributed by atoms with Crippen molar-refractivity contribution in [3.63, 3.8) is 0 Å². The summed E-state index contributed by atoms with van der Waals surface area (Å²) in [6, 6.07) is 17.1. The van der Waals surface area contributed by atoms with E-state index in [9.17, 15) is 22.8 Å². The number of fused-ring (bicyclic) bond motifs is 2. The Morgan fingerprint density at radius 3 is 2.56 bits per heavy atom. The fourth-order valence-electron chi connectivity index (χ4n) is 3.79. The number of halogens is 3. The van der Waals surface area contributed by atoms with Crippen LogP contribution in [0.15, 0.2) is 76.5 Å². The van der Waals surface area contributed by atoms with Crippen molar-refractivity contribution < 1.29 is 32.2 Å². The number of nitrogens with zero attached hydrogens (tertiary/aromatic N) is 1. The van der Waals surface area contributed by atoms with Gasteiger partial charge in [0.15, 0.2) is 11.5 Å². The van der Waals surface area contributed by atoms with E-state index in [-0.39, 0.29) is 25.8 Å². The number of para-hydroxylation sites is 1. The number of benzene rings is 3. The van der Waals surface area contributed by atoms with Crippen LogP contribution in [-0.4, -0.2) is 25.2 Å². The van der Waals surface area contributed by atoms with Crippen molar-refractivity contribution in [1.29, 1.82) is 0 Å². The van der Waals surface area contributed by atoms with E-state index in [0.717, 1.165) is 22.6 Å². The number of thioether (sulfide) groups is 1. The normalized spacial score (nSPS) is 15.7. The Balaban J connectivity index is 1.32. The van der Waals surface area contributed by atoms with Crippen LogP contribution in [-0.2, 0) is 22.3 Å². The molecule has 0 fully saturated rings. The molecule has 0 radical (unpaired) electrons. The average Bonchev–Trinajstić information content (AvgIpc) is 3.33. The summed E-state index contributed by atoms with van der Waals surface area (Å²) in [4.78, 5) is 28.5. The van der Waals surface area contributed by atoms with Gasteiger partial charge in [0.1, 0.15) is 6.54 Å². The predicted molar refractivity (Wildman–Crippen MR) is 128 cm³/mol. The van der Waals surface area contributed by atoms with Crippen LogP contribution in [0.5, 0.6) is 11.5 Å². The first-order valence-electron chi connectivity index (χ1n) is 10.9. The van der Waals surface area contributed by atoms with Gasteiger partial charge in [-0.1, -0.05) is 42.1 Å². The number of ether oxygens (including phenoxy) is 2. The molecule has 2 heterocycles. The SMILES string of the molecule is O=C(CN1C(=O)C(=Cc2ccc(C(F)(F)F)cc2)Sc2ccccc21)NCc1ccc2c(c1)OCO2. The first-order chi connectivity index (χ1) is 17.3. The third-order valence-corrected chi connectivity index (χ3v) is 6.67. The average molecular weight is 513 g/mol. The number of nitrogens with one attached hydrogen (secondary N) is 1. The van der Waals surface area contributed by atoms with Gasteiger partial charge in [-0.15, -0.1) is 0 Å². The number of rotatable bonds is 5. The number of anilines is 1. The molecule has 0 aromatic heterocycles. The first kappa shape index (κ1) is 23.8. The molecule has 10 heteroatoms. The van der Waals surface area contributed by atoms with Gasteiger partial charge in [0.25, 0.3) is 5.91 Å². The van der Waals surface area contributed by atoms with E-state index in [0.29, 0.717) is 27.7 Å². The Kier molecular flexibility index (Phi) is 6.36. The van der Waals surface area contributed by atoms with Crippen LogP contribution in [0, 0.1) is 0 Å². The van der Waals surface area contributed by atoms with Gasteiger partial charge < -0.3 is 14.8 Å². The van der Waals surface area contributed by atoms with Gasteiger partial charge in [-0.25, -0.2) is 0 Å². The molecular weight excluding hydrogens is 493 g/mol. The highest BCUT2D eigenvalue weighted by Gasteiger charge is 2.32. The number of amides is 2.